The summed E-state index contributed by atoms with van der Waals surface area (Å²) in [5.74, 6) is -0.706. The largest absolute Gasteiger partial charge is 0.481 e. The van der Waals surface area contributed by atoms with Crippen molar-refractivity contribution in [3.8, 4) is 0 Å². The van der Waals surface area contributed by atoms with Crippen molar-refractivity contribution >= 4 is 11.9 Å². The van der Waals surface area contributed by atoms with Crippen molar-refractivity contribution in [2.24, 2.45) is 5.41 Å². The summed E-state index contributed by atoms with van der Waals surface area (Å²) in [6.07, 6.45) is 1.72. The van der Waals surface area contributed by atoms with Gasteiger partial charge in [0.1, 0.15) is 0 Å². The molecule has 2 N–H and O–H groups in total. The van der Waals surface area contributed by atoms with Crippen LogP contribution in [0.5, 0.6) is 0 Å². The Morgan fingerprint density at radius 1 is 1.24 bits per heavy atom. The lowest BCUT2D eigenvalue weighted by molar-refractivity contribution is -0.137. The van der Waals surface area contributed by atoms with E-state index in [0.29, 0.717) is 13.0 Å². The number of carbonyl (C=O) groups is 2. The summed E-state index contributed by atoms with van der Waals surface area (Å²) in [4.78, 5) is 23.3. The van der Waals surface area contributed by atoms with Gasteiger partial charge in [-0.15, -0.1) is 0 Å². The number of hydrogen-bond donors (Lipinski definition) is 2. The smallest absolute Gasteiger partial charge is 0.303 e. The third-order valence-corrected chi connectivity index (χ3v) is 2.77. The summed E-state index contributed by atoms with van der Waals surface area (Å²) in [5.41, 5.74) is -0.00739. The number of carboxylic acid groups (broad SMARTS) is 1. The summed E-state index contributed by atoms with van der Waals surface area (Å²) in [6, 6.07) is 0. The number of likely N-dealkylation sites (N-methyl/N-ethyl adjacent to an activating group) is 1. The van der Waals surface area contributed by atoms with Crippen LogP contribution in [0.2, 0.25) is 0 Å². The van der Waals surface area contributed by atoms with E-state index in [2.05, 4.69) is 5.32 Å². The molecule has 0 bridgehead atoms. The van der Waals surface area contributed by atoms with Crippen molar-refractivity contribution in [1.29, 1.82) is 0 Å². The first-order chi connectivity index (χ1) is 7.74. The first-order valence-corrected chi connectivity index (χ1v) is 5.87. The molecular weight excluding hydrogens is 220 g/mol. The van der Waals surface area contributed by atoms with E-state index in [1.54, 1.807) is 19.0 Å². The Kier molecular flexibility index (Phi) is 6.80. The third kappa shape index (κ3) is 8.68. The van der Waals surface area contributed by atoms with Gasteiger partial charge in [-0.25, -0.2) is 0 Å². The fraction of sp³-hybridized carbons (Fsp3) is 0.833. The highest BCUT2D eigenvalue weighted by molar-refractivity contribution is 5.77. The average molecular weight is 244 g/mol. The minimum absolute atomic E-state index is 0.00739. The summed E-state index contributed by atoms with van der Waals surface area (Å²) in [6.45, 7) is 5.16. The van der Waals surface area contributed by atoms with Crippen molar-refractivity contribution in [2.75, 3.05) is 27.2 Å². The molecule has 0 saturated carbocycles. The molecule has 0 aromatic rings. The molecule has 0 aromatic heterocycles. The van der Waals surface area contributed by atoms with Crippen LogP contribution in [0.25, 0.3) is 0 Å². The second-order valence-electron chi connectivity index (χ2n) is 5.27. The van der Waals surface area contributed by atoms with Gasteiger partial charge in [0.25, 0.3) is 0 Å². The van der Waals surface area contributed by atoms with Crippen LogP contribution in [0, 0.1) is 5.41 Å². The first-order valence-electron chi connectivity index (χ1n) is 5.87. The molecule has 0 aliphatic heterocycles. The topological polar surface area (TPSA) is 69.6 Å². The number of aliphatic carboxylic acids is 1. The molecule has 0 unspecified atom stereocenters. The predicted octanol–water partition coefficient (Wildman–Crippen LogP) is 0.945. The monoisotopic (exact) mass is 244 g/mol. The standard InChI is InChI=1S/C12H24N2O3/c1-12(2,6-5-11(16)17)7-8-13-9-10(15)14(3)4/h13H,5-9H2,1-4H3,(H,16,17). The maximum atomic E-state index is 11.3. The Morgan fingerprint density at radius 2 is 1.82 bits per heavy atom. The summed E-state index contributed by atoms with van der Waals surface area (Å²) in [5, 5.41) is 11.7. The van der Waals surface area contributed by atoms with E-state index in [1.165, 1.54) is 0 Å². The predicted molar refractivity (Wildman–Crippen MR) is 66.8 cm³/mol. The highest BCUT2D eigenvalue weighted by Gasteiger charge is 2.18. The molecule has 17 heavy (non-hydrogen) atoms. The molecule has 0 atom stereocenters. The van der Waals surface area contributed by atoms with E-state index in [-0.39, 0.29) is 17.7 Å². The minimum atomic E-state index is -0.756. The first kappa shape index (κ1) is 15.9. The SMILES string of the molecule is CN(C)C(=O)CNCCC(C)(C)CCC(=O)O. The molecule has 1 amide bonds. The van der Waals surface area contributed by atoms with Gasteiger partial charge >= 0.3 is 5.97 Å². The van der Waals surface area contributed by atoms with Crippen LogP contribution >= 0.6 is 0 Å². The molecule has 5 nitrogen and oxygen atoms in total. The lowest BCUT2D eigenvalue weighted by Crippen LogP contribution is -2.34. The van der Waals surface area contributed by atoms with Crippen LogP contribution in [0.4, 0.5) is 0 Å². The van der Waals surface area contributed by atoms with Crippen molar-refractivity contribution in [3.63, 3.8) is 0 Å². The third-order valence-electron chi connectivity index (χ3n) is 2.77. The second kappa shape index (κ2) is 7.27. The zero-order chi connectivity index (χ0) is 13.5. The van der Waals surface area contributed by atoms with Crippen LogP contribution < -0.4 is 5.32 Å². The molecule has 0 radical (unpaired) electrons. The molecule has 0 rings (SSSR count). The van der Waals surface area contributed by atoms with Gasteiger partial charge in [-0.05, 0) is 24.8 Å². The number of nitrogens with one attached hydrogen (secondary N) is 1. The fourth-order valence-corrected chi connectivity index (χ4v) is 1.35. The average Bonchev–Trinajstić information content (AvgIpc) is 2.21. The fourth-order valence-electron chi connectivity index (χ4n) is 1.35. The molecule has 0 aliphatic carbocycles. The zero-order valence-electron chi connectivity index (χ0n) is 11.2. The number of amides is 1. The Morgan fingerprint density at radius 3 is 2.29 bits per heavy atom. The Bertz CT molecular complexity index is 262. The quantitative estimate of drug-likeness (QED) is 0.624. The van der Waals surface area contributed by atoms with Crippen molar-refractivity contribution in [1.82, 2.24) is 10.2 Å². The van der Waals surface area contributed by atoms with Crippen molar-refractivity contribution in [3.05, 3.63) is 0 Å². The lowest BCUT2D eigenvalue weighted by atomic mass is 9.84. The summed E-state index contributed by atoms with van der Waals surface area (Å²) < 4.78 is 0. The van der Waals surface area contributed by atoms with E-state index < -0.39 is 5.97 Å². The van der Waals surface area contributed by atoms with E-state index in [9.17, 15) is 9.59 Å². The number of hydrogen-bond acceptors (Lipinski definition) is 3. The Labute approximate surface area is 103 Å². The molecular formula is C12H24N2O3. The Hall–Kier alpha value is -1.10. The maximum absolute atomic E-state index is 11.3. The van der Waals surface area contributed by atoms with Gasteiger partial charge in [0.15, 0.2) is 0 Å². The van der Waals surface area contributed by atoms with Gasteiger partial charge in [-0.2, -0.15) is 0 Å². The molecule has 0 fully saturated rings. The van der Waals surface area contributed by atoms with Gasteiger partial charge in [-0.1, -0.05) is 13.8 Å². The van der Waals surface area contributed by atoms with Gasteiger partial charge in [-0.3, -0.25) is 9.59 Å². The summed E-state index contributed by atoms with van der Waals surface area (Å²) in [7, 11) is 3.45. The van der Waals surface area contributed by atoms with Crippen molar-refractivity contribution < 1.29 is 14.7 Å². The van der Waals surface area contributed by atoms with Crippen LogP contribution in [0.1, 0.15) is 33.1 Å². The number of carbonyl (C=O) groups excluding carboxylic acids is 1. The number of nitrogens with zero attached hydrogens (tertiary/aromatic N) is 1. The van der Waals surface area contributed by atoms with Crippen molar-refractivity contribution in [2.45, 2.75) is 33.1 Å². The second-order valence-corrected chi connectivity index (χ2v) is 5.27. The van der Waals surface area contributed by atoms with E-state index in [4.69, 9.17) is 5.11 Å². The Balaban J connectivity index is 3.72. The van der Waals surface area contributed by atoms with E-state index >= 15 is 0 Å². The lowest BCUT2D eigenvalue weighted by Gasteiger charge is -2.24. The summed E-state index contributed by atoms with van der Waals surface area (Å²) >= 11 is 0. The number of rotatable bonds is 8. The highest BCUT2D eigenvalue weighted by Crippen LogP contribution is 2.25. The van der Waals surface area contributed by atoms with Crippen LogP contribution in [0.3, 0.4) is 0 Å². The molecule has 0 heterocycles. The normalized spacial score (nSPS) is 11.3. The molecule has 0 spiro atoms. The van der Waals surface area contributed by atoms with Gasteiger partial charge < -0.3 is 15.3 Å². The zero-order valence-corrected chi connectivity index (χ0v) is 11.2. The highest BCUT2D eigenvalue weighted by atomic mass is 16.4. The van der Waals surface area contributed by atoms with Crippen LogP contribution in [-0.4, -0.2) is 49.1 Å². The van der Waals surface area contributed by atoms with Crippen LogP contribution in [-0.2, 0) is 9.59 Å². The molecule has 0 aliphatic rings. The van der Waals surface area contributed by atoms with Gasteiger partial charge in [0.05, 0.1) is 6.54 Å². The van der Waals surface area contributed by atoms with Gasteiger partial charge in [0, 0.05) is 20.5 Å². The molecule has 100 valence electrons. The maximum Gasteiger partial charge on any atom is 0.303 e. The molecule has 5 heteroatoms. The molecule has 0 aromatic carbocycles. The van der Waals surface area contributed by atoms with Crippen LogP contribution in [0.15, 0.2) is 0 Å². The van der Waals surface area contributed by atoms with Gasteiger partial charge in [0.2, 0.25) is 5.91 Å². The van der Waals surface area contributed by atoms with E-state index in [1.807, 2.05) is 13.8 Å². The minimum Gasteiger partial charge on any atom is -0.481 e. The van der Waals surface area contributed by atoms with E-state index in [0.717, 1.165) is 13.0 Å². The number of carboxylic acids is 1. The molecule has 0 saturated heterocycles.